The third-order valence-electron chi connectivity index (χ3n) is 8.15. The first kappa shape index (κ1) is 33.7. The molecule has 1 fully saturated rings. The molecule has 0 unspecified atom stereocenters. The quantitative estimate of drug-likeness (QED) is 0.140. The van der Waals surface area contributed by atoms with Crippen molar-refractivity contribution in [3.8, 4) is 11.5 Å². The predicted molar refractivity (Wildman–Crippen MR) is 176 cm³/mol. The molecular weight excluding hydrogens is 586 g/mol. The van der Waals surface area contributed by atoms with Crippen LogP contribution in [0.25, 0.3) is 11.5 Å². The summed E-state index contributed by atoms with van der Waals surface area (Å²) in [6.45, 7) is 8.42. The molecule has 11 heteroatoms. The number of aromatic nitrogens is 3. The van der Waals surface area contributed by atoms with E-state index in [1.54, 1.807) is 6.20 Å². The van der Waals surface area contributed by atoms with Gasteiger partial charge in [0.15, 0.2) is 5.82 Å². The van der Waals surface area contributed by atoms with Gasteiger partial charge in [-0.15, -0.1) is 0 Å². The zero-order valence-electron chi connectivity index (χ0n) is 27.0. The normalized spacial score (nSPS) is 15.2. The molecule has 11 nitrogen and oxygen atoms in total. The minimum Gasteiger partial charge on any atom is -0.459 e. The number of anilines is 2. The number of carbonyl (C=O) groups excluding carboxylic acids is 1. The number of benzene rings is 1. The Balaban J connectivity index is 1.05. The fraction of sp³-hybridized carbons (Fsp3) is 0.543. The number of nitrogens with one attached hydrogen (secondary N) is 1. The standard InChI is InChI=1S/C35H47N5O6/c1-2-42-21-22-44-25-26-45-24-23-43-20-12-33(41)46-35(13-14-35)15-17-37-31-27-32(39-34(38-31)30-9-5-6-16-36-30)40-18-10-28-7-3-4-8-29(28)11-19-40/h3-9,16,27H,2,10-15,17-26H2,1H3,(H,37,38,39). The second-order valence-electron chi connectivity index (χ2n) is 11.5. The van der Waals surface area contributed by atoms with Gasteiger partial charge in [-0.2, -0.15) is 0 Å². The van der Waals surface area contributed by atoms with Crippen LogP contribution in [0.4, 0.5) is 11.6 Å². The maximum atomic E-state index is 12.5. The van der Waals surface area contributed by atoms with E-state index in [1.807, 2.05) is 31.2 Å². The van der Waals surface area contributed by atoms with Crippen molar-refractivity contribution in [1.82, 2.24) is 15.0 Å². The van der Waals surface area contributed by atoms with E-state index in [9.17, 15) is 4.79 Å². The molecule has 0 atom stereocenters. The molecule has 0 spiro atoms. The van der Waals surface area contributed by atoms with Gasteiger partial charge in [-0.25, -0.2) is 9.97 Å². The lowest BCUT2D eigenvalue weighted by Gasteiger charge is -2.23. The zero-order chi connectivity index (χ0) is 31.9. The smallest absolute Gasteiger partial charge is 0.308 e. The Hall–Kier alpha value is -3.64. The summed E-state index contributed by atoms with van der Waals surface area (Å²) in [6, 6.07) is 16.4. The largest absolute Gasteiger partial charge is 0.459 e. The van der Waals surface area contributed by atoms with Gasteiger partial charge in [0.25, 0.3) is 0 Å². The van der Waals surface area contributed by atoms with Crippen LogP contribution in [0.15, 0.2) is 54.7 Å². The summed E-state index contributed by atoms with van der Waals surface area (Å²) in [5.74, 6) is 1.98. The van der Waals surface area contributed by atoms with E-state index in [2.05, 4.69) is 39.5 Å². The highest BCUT2D eigenvalue weighted by atomic mass is 16.6. The van der Waals surface area contributed by atoms with Crippen LogP contribution < -0.4 is 10.2 Å². The maximum absolute atomic E-state index is 12.5. The fourth-order valence-corrected chi connectivity index (χ4v) is 5.41. The average molecular weight is 634 g/mol. The Bertz CT molecular complexity index is 1330. The third kappa shape index (κ3) is 10.7. The monoisotopic (exact) mass is 633 g/mol. The second-order valence-corrected chi connectivity index (χ2v) is 11.5. The highest BCUT2D eigenvalue weighted by Gasteiger charge is 2.46. The molecule has 3 aromatic rings. The highest BCUT2D eigenvalue weighted by molar-refractivity contribution is 5.70. The van der Waals surface area contributed by atoms with Gasteiger partial charge >= 0.3 is 5.97 Å². The Morgan fingerprint density at radius 1 is 0.848 bits per heavy atom. The lowest BCUT2D eigenvalue weighted by Crippen LogP contribution is -2.27. The van der Waals surface area contributed by atoms with Gasteiger partial charge in [-0.3, -0.25) is 9.78 Å². The van der Waals surface area contributed by atoms with E-state index in [-0.39, 0.29) is 12.4 Å². The number of ether oxygens (including phenoxy) is 5. The lowest BCUT2D eigenvalue weighted by molar-refractivity contribution is -0.152. The SMILES string of the molecule is CCOCCOCCOCCOCCC(=O)OC1(CCNc2cc(N3CCc4ccccc4CC3)nc(-c3ccccn3)n2)CC1. The van der Waals surface area contributed by atoms with Gasteiger partial charge in [0, 0.05) is 44.9 Å². The Kier molecular flexibility index (Phi) is 13.1. The molecular formula is C35H47N5O6. The molecule has 1 saturated carbocycles. The van der Waals surface area contributed by atoms with Crippen LogP contribution in [0.2, 0.25) is 0 Å². The first-order valence-corrected chi connectivity index (χ1v) is 16.5. The number of hydrogen-bond donors (Lipinski definition) is 1. The van der Waals surface area contributed by atoms with Crippen molar-refractivity contribution in [1.29, 1.82) is 0 Å². The molecule has 0 radical (unpaired) electrons. The van der Waals surface area contributed by atoms with Crippen molar-refractivity contribution >= 4 is 17.6 Å². The molecule has 1 N–H and O–H groups in total. The number of pyridine rings is 1. The third-order valence-corrected chi connectivity index (χ3v) is 8.15. The first-order chi connectivity index (χ1) is 22.6. The lowest BCUT2D eigenvalue weighted by atomic mass is 10.0. The van der Waals surface area contributed by atoms with E-state index in [4.69, 9.17) is 33.7 Å². The van der Waals surface area contributed by atoms with E-state index < -0.39 is 5.60 Å². The summed E-state index contributed by atoms with van der Waals surface area (Å²) in [5, 5.41) is 3.48. The zero-order valence-corrected chi connectivity index (χ0v) is 27.0. The van der Waals surface area contributed by atoms with E-state index in [0.29, 0.717) is 71.6 Å². The van der Waals surface area contributed by atoms with Crippen molar-refractivity contribution in [2.75, 3.05) is 82.7 Å². The van der Waals surface area contributed by atoms with Crippen LogP contribution in [-0.2, 0) is 41.3 Å². The molecule has 2 aromatic heterocycles. The van der Waals surface area contributed by atoms with Crippen molar-refractivity contribution < 1.29 is 28.5 Å². The molecule has 0 amide bonds. The van der Waals surface area contributed by atoms with E-state index >= 15 is 0 Å². The molecule has 1 aromatic carbocycles. The van der Waals surface area contributed by atoms with Crippen molar-refractivity contribution in [3.05, 3.63) is 65.9 Å². The maximum Gasteiger partial charge on any atom is 0.308 e. The molecule has 0 saturated heterocycles. The van der Waals surface area contributed by atoms with Gasteiger partial charge in [-0.05, 0) is 55.9 Å². The van der Waals surface area contributed by atoms with Gasteiger partial charge in [0.05, 0.1) is 52.7 Å². The minimum absolute atomic E-state index is 0.220. The number of esters is 1. The van der Waals surface area contributed by atoms with Gasteiger partial charge in [-0.1, -0.05) is 30.3 Å². The van der Waals surface area contributed by atoms with Crippen LogP contribution in [0, 0.1) is 0 Å². The number of rotatable bonds is 20. The summed E-state index contributed by atoms with van der Waals surface area (Å²) < 4.78 is 27.5. The topological polar surface area (TPSA) is 117 Å². The summed E-state index contributed by atoms with van der Waals surface area (Å²) in [5.41, 5.74) is 3.12. The van der Waals surface area contributed by atoms with Gasteiger partial charge in [0.1, 0.15) is 22.9 Å². The summed E-state index contributed by atoms with van der Waals surface area (Å²) in [6.07, 6.45) is 6.36. The molecule has 1 aliphatic carbocycles. The second kappa shape index (κ2) is 17.9. The van der Waals surface area contributed by atoms with Crippen LogP contribution in [0.3, 0.4) is 0 Å². The molecule has 46 heavy (non-hydrogen) atoms. The predicted octanol–water partition coefficient (Wildman–Crippen LogP) is 4.50. The van der Waals surface area contributed by atoms with Crippen molar-refractivity contribution in [3.63, 3.8) is 0 Å². The molecule has 2 aliphatic rings. The van der Waals surface area contributed by atoms with E-state index in [0.717, 1.165) is 56.1 Å². The molecule has 0 bridgehead atoms. The van der Waals surface area contributed by atoms with Gasteiger partial charge < -0.3 is 33.9 Å². The highest BCUT2D eigenvalue weighted by Crippen LogP contribution is 2.43. The Labute approximate surface area is 272 Å². The summed E-state index contributed by atoms with van der Waals surface area (Å²) >= 11 is 0. The average Bonchev–Trinajstić information content (AvgIpc) is 3.88. The van der Waals surface area contributed by atoms with Crippen LogP contribution >= 0.6 is 0 Å². The van der Waals surface area contributed by atoms with Crippen LogP contribution in [0.5, 0.6) is 0 Å². The Morgan fingerprint density at radius 3 is 2.13 bits per heavy atom. The number of carbonyl (C=O) groups is 1. The van der Waals surface area contributed by atoms with E-state index in [1.165, 1.54) is 11.1 Å². The first-order valence-electron chi connectivity index (χ1n) is 16.5. The number of hydrogen-bond acceptors (Lipinski definition) is 11. The number of fused-ring (bicyclic) bond motifs is 1. The molecule has 248 valence electrons. The summed E-state index contributed by atoms with van der Waals surface area (Å²) in [4.78, 5) is 29.1. The minimum atomic E-state index is -0.411. The van der Waals surface area contributed by atoms with Crippen LogP contribution in [0.1, 0.15) is 43.7 Å². The van der Waals surface area contributed by atoms with Crippen molar-refractivity contribution in [2.45, 2.75) is 51.0 Å². The number of nitrogens with zero attached hydrogens (tertiary/aromatic N) is 4. The molecule has 3 heterocycles. The van der Waals surface area contributed by atoms with Crippen LogP contribution in [-0.4, -0.2) is 99.0 Å². The Morgan fingerprint density at radius 2 is 1.50 bits per heavy atom. The summed E-state index contributed by atoms with van der Waals surface area (Å²) in [7, 11) is 0. The van der Waals surface area contributed by atoms with Crippen molar-refractivity contribution in [2.24, 2.45) is 0 Å². The fourth-order valence-electron chi connectivity index (χ4n) is 5.41. The molecule has 1 aliphatic heterocycles. The molecule has 5 rings (SSSR count). The van der Waals surface area contributed by atoms with Gasteiger partial charge in [0.2, 0.25) is 0 Å².